The van der Waals surface area contributed by atoms with Gasteiger partial charge in [0.2, 0.25) is 5.91 Å². The highest BCUT2D eigenvalue weighted by atomic mass is 16.5. The van der Waals surface area contributed by atoms with Crippen molar-refractivity contribution in [3.05, 3.63) is 54.6 Å². The molecule has 0 aliphatic carbocycles. The van der Waals surface area contributed by atoms with Crippen molar-refractivity contribution >= 4 is 23.4 Å². The topological polar surface area (TPSA) is 97.0 Å². The molecular weight excluding hydrogens is 362 g/mol. The number of nitrogens with one attached hydrogen (secondary N) is 2. The Hall–Kier alpha value is -3.55. The van der Waals surface area contributed by atoms with E-state index in [0.29, 0.717) is 17.2 Å². The highest BCUT2D eigenvalue weighted by Crippen LogP contribution is 2.33. The van der Waals surface area contributed by atoms with Gasteiger partial charge in [0.25, 0.3) is 11.8 Å². The number of nitrogens with zero attached hydrogens (tertiary/aromatic N) is 1. The summed E-state index contributed by atoms with van der Waals surface area (Å²) in [5.74, 6) is -0.0825. The number of anilines is 1. The zero-order valence-electron chi connectivity index (χ0n) is 15.4. The van der Waals surface area contributed by atoms with Crippen LogP contribution in [0.5, 0.6) is 11.5 Å². The van der Waals surface area contributed by atoms with E-state index in [0.717, 1.165) is 0 Å². The van der Waals surface area contributed by atoms with Gasteiger partial charge in [-0.15, -0.1) is 0 Å². The summed E-state index contributed by atoms with van der Waals surface area (Å²) in [6, 6.07) is 15.9. The molecule has 0 saturated carbocycles. The van der Waals surface area contributed by atoms with E-state index in [1.54, 1.807) is 48.5 Å². The molecule has 0 unspecified atom stereocenters. The number of carbonyl (C=O) groups is 3. The number of ether oxygens (including phenoxy) is 2. The molecule has 3 rings (SSSR count). The normalized spacial score (nSPS) is 15.0. The van der Waals surface area contributed by atoms with Gasteiger partial charge >= 0.3 is 0 Å². The maximum Gasteiger partial charge on any atom is 0.262 e. The molecule has 8 heteroatoms. The van der Waals surface area contributed by atoms with Crippen molar-refractivity contribution in [2.75, 3.05) is 31.6 Å². The standard InChI is InChI=1S/C20H21N3O5/c1-21-20(26)17-12-23(15-9-5-6-10-16(15)28-17)19(25)11-22-18(24)13-27-14-7-3-2-4-8-14/h2-10,17H,11-13H2,1H3,(H,21,26)(H,22,24)/t17-/m0/s1. The first-order valence-corrected chi connectivity index (χ1v) is 8.80. The Morgan fingerprint density at radius 1 is 1.11 bits per heavy atom. The molecule has 1 aliphatic heterocycles. The third-order valence-electron chi connectivity index (χ3n) is 4.16. The molecule has 28 heavy (non-hydrogen) atoms. The van der Waals surface area contributed by atoms with Gasteiger partial charge in [-0.3, -0.25) is 14.4 Å². The lowest BCUT2D eigenvalue weighted by Gasteiger charge is -2.34. The third kappa shape index (κ3) is 4.59. The van der Waals surface area contributed by atoms with Crippen LogP contribution >= 0.6 is 0 Å². The fraction of sp³-hybridized carbons (Fsp3) is 0.250. The molecule has 8 nitrogen and oxygen atoms in total. The number of hydrogen-bond acceptors (Lipinski definition) is 5. The number of fused-ring (bicyclic) bond motifs is 1. The Morgan fingerprint density at radius 2 is 1.82 bits per heavy atom. The summed E-state index contributed by atoms with van der Waals surface area (Å²) in [7, 11) is 1.51. The SMILES string of the molecule is CNC(=O)[C@@H]1CN(C(=O)CNC(=O)COc2ccccc2)c2ccccc2O1. The summed E-state index contributed by atoms with van der Waals surface area (Å²) in [5, 5.41) is 5.06. The minimum atomic E-state index is -0.819. The predicted molar refractivity (Wildman–Crippen MR) is 102 cm³/mol. The number of benzene rings is 2. The first kappa shape index (κ1) is 19.2. The summed E-state index contributed by atoms with van der Waals surface area (Å²) in [4.78, 5) is 38.1. The zero-order valence-corrected chi connectivity index (χ0v) is 15.4. The number of rotatable bonds is 6. The lowest BCUT2D eigenvalue weighted by atomic mass is 10.1. The van der Waals surface area contributed by atoms with Gasteiger partial charge in [0.05, 0.1) is 18.8 Å². The molecule has 146 valence electrons. The van der Waals surface area contributed by atoms with Crippen LogP contribution in [-0.4, -0.2) is 50.6 Å². The van der Waals surface area contributed by atoms with E-state index in [9.17, 15) is 14.4 Å². The first-order chi connectivity index (χ1) is 13.6. The average Bonchev–Trinajstić information content (AvgIpc) is 2.75. The monoisotopic (exact) mass is 383 g/mol. The second-order valence-corrected chi connectivity index (χ2v) is 6.07. The summed E-state index contributed by atoms with van der Waals surface area (Å²) >= 11 is 0. The Kier molecular flexibility index (Phi) is 6.11. The molecule has 3 amide bonds. The smallest absolute Gasteiger partial charge is 0.262 e. The van der Waals surface area contributed by atoms with E-state index in [4.69, 9.17) is 9.47 Å². The van der Waals surface area contributed by atoms with Crippen LogP contribution in [0.4, 0.5) is 5.69 Å². The fourth-order valence-corrected chi connectivity index (χ4v) is 2.75. The van der Waals surface area contributed by atoms with Crippen LogP contribution in [0.1, 0.15) is 0 Å². The summed E-state index contributed by atoms with van der Waals surface area (Å²) < 4.78 is 11.0. The molecule has 1 heterocycles. The van der Waals surface area contributed by atoms with Crippen molar-refractivity contribution < 1.29 is 23.9 Å². The maximum absolute atomic E-state index is 12.7. The van der Waals surface area contributed by atoms with Crippen LogP contribution in [-0.2, 0) is 14.4 Å². The summed E-state index contributed by atoms with van der Waals surface area (Å²) in [5.41, 5.74) is 0.558. The van der Waals surface area contributed by atoms with Crippen molar-refractivity contribution in [1.29, 1.82) is 0 Å². The van der Waals surface area contributed by atoms with Crippen LogP contribution in [0, 0.1) is 0 Å². The van der Waals surface area contributed by atoms with E-state index in [-0.39, 0.29) is 31.5 Å². The highest BCUT2D eigenvalue weighted by Gasteiger charge is 2.33. The molecule has 2 aromatic rings. The number of carbonyl (C=O) groups excluding carboxylic acids is 3. The molecular formula is C20H21N3O5. The zero-order chi connectivity index (χ0) is 19.9. The lowest BCUT2D eigenvalue weighted by molar-refractivity contribution is -0.129. The van der Waals surface area contributed by atoms with Crippen LogP contribution in [0.25, 0.3) is 0 Å². The van der Waals surface area contributed by atoms with Gasteiger partial charge in [-0.1, -0.05) is 30.3 Å². The Labute approximate surface area is 162 Å². The first-order valence-electron chi connectivity index (χ1n) is 8.80. The van der Waals surface area contributed by atoms with Gasteiger partial charge < -0.3 is 25.0 Å². The van der Waals surface area contributed by atoms with E-state index in [2.05, 4.69) is 10.6 Å². The minimum absolute atomic E-state index is 0.0614. The molecule has 0 spiro atoms. The van der Waals surface area contributed by atoms with Crippen molar-refractivity contribution in [2.45, 2.75) is 6.10 Å². The second-order valence-electron chi connectivity index (χ2n) is 6.07. The van der Waals surface area contributed by atoms with E-state index in [1.807, 2.05) is 6.07 Å². The van der Waals surface area contributed by atoms with Crippen molar-refractivity contribution in [2.24, 2.45) is 0 Å². The minimum Gasteiger partial charge on any atom is -0.484 e. The highest BCUT2D eigenvalue weighted by molar-refractivity contribution is 5.99. The Morgan fingerprint density at radius 3 is 2.57 bits per heavy atom. The van der Waals surface area contributed by atoms with Crippen molar-refractivity contribution in [3.63, 3.8) is 0 Å². The van der Waals surface area contributed by atoms with Crippen LogP contribution in [0.2, 0.25) is 0 Å². The van der Waals surface area contributed by atoms with Gasteiger partial charge in [-0.25, -0.2) is 0 Å². The maximum atomic E-state index is 12.7. The van der Waals surface area contributed by atoms with Crippen LogP contribution in [0.3, 0.4) is 0 Å². The predicted octanol–water partition coefficient (Wildman–Crippen LogP) is 0.722. The molecule has 0 aromatic heterocycles. The average molecular weight is 383 g/mol. The number of likely N-dealkylation sites (N-methyl/N-ethyl adjacent to an activating group) is 1. The molecule has 0 radical (unpaired) electrons. The summed E-state index contributed by atoms with van der Waals surface area (Å²) in [6.07, 6.45) is -0.819. The van der Waals surface area contributed by atoms with Crippen LogP contribution < -0.4 is 25.0 Å². The van der Waals surface area contributed by atoms with E-state index >= 15 is 0 Å². The van der Waals surface area contributed by atoms with Gasteiger partial charge in [-0.05, 0) is 24.3 Å². The third-order valence-corrected chi connectivity index (χ3v) is 4.16. The van der Waals surface area contributed by atoms with Crippen molar-refractivity contribution in [1.82, 2.24) is 10.6 Å². The fourth-order valence-electron chi connectivity index (χ4n) is 2.75. The molecule has 2 aromatic carbocycles. The summed E-state index contributed by atoms with van der Waals surface area (Å²) in [6.45, 7) is -0.352. The van der Waals surface area contributed by atoms with Gasteiger partial charge in [-0.2, -0.15) is 0 Å². The van der Waals surface area contributed by atoms with Gasteiger partial charge in [0, 0.05) is 7.05 Å². The Balaban J connectivity index is 1.59. The largest absolute Gasteiger partial charge is 0.484 e. The number of amides is 3. The quantitative estimate of drug-likeness (QED) is 0.766. The van der Waals surface area contributed by atoms with Crippen molar-refractivity contribution in [3.8, 4) is 11.5 Å². The molecule has 0 bridgehead atoms. The molecule has 0 fully saturated rings. The molecule has 1 aliphatic rings. The van der Waals surface area contributed by atoms with Gasteiger partial charge in [0.1, 0.15) is 11.5 Å². The van der Waals surface area contributed by atoms with Gasteiger partial charge in [0.15, 0.2) is 12.7 Å². The molecule has 0 saturated heterocycles. The second kappa shape index (κ2) is 8.90. The van der Waals surface area contributed by atoms with Crippen LogP contribution in [0.15, 0.2) is 54.6 Å². The Bertz CT molecular complexity index is 856. The van der Waals surface area contributed by atoms with E-state index < -0.39 is 12.0 Å². The lowest BCUT2D eigenvalue weighted by Crippen LogP contribution is -2.52. The number of para-hydroxylation sites is 3. The molecule has 1 atom stereocenters. The number of hydrogen-bond donors (Lipinski definition) is 2. The van der Waals surface area contributed by atoms with E-state index in [1.165, 1.54) is 11.9 Å². The molecule has 2 N–H and O–H groups in total.